The van der Waals surface area contributed by atoms with Gasteiger partial charge in [-0.25, -0.2) is 8.42 Å². The number of rotatable bonds is 4. The summed E-state index contributed by atoms with van der Waals surface area (Å²) in [5.74, 6) is 0.0674. The van der Waals surface area contributed by atoms with Gasteiger partial charge < -0.3 is 15.4 Å². The maximum atomic E-state index is 13.0. The van der Waals surface area contributed by atoms with Gasteiger partial charge in [0, 0.05) is 25.0 Å². The van der Waals surface area contributed by atoms with Crippen LogP contribution in [0.15, 0.2) is 23.1 Å². The summed E-state index contributed by atoms with van der Waals surface area (Å²) in [7, 11) is -3.69. The number of piperidine rings is 1. The number of hydrogen-bond acceptors (Lipinski definition) is 5. The number of benzene rings is 1. The normalized spacial score (nSPS) is 21.6. The molecule has 0 unspecified atom stereocenters. The van der Waals surface area contributed by atoms with Crippen LogP contribution in [0.1, 0.15) is 38.5 Å². The zero-order chi connectivity index (χ0) is 19.7. The molecule has 8 nitrogen and oxygen atoms in total. The number of amides is 2. The minimum atomic E-state index is -3.69. The monoisotopic (exact) mass is 407 g/mol. The quantitative estimate of drug-likeness (QED) is 0.787. The second kappa shape index (κ2) is 7.71. The molecule has 1 saturated heterocycles. The first-order valence-corrected chi connectivity index (χ1v) is 11.2. The number of anilines is 1. The summed E-state index contributed by atoms with van der Waals surface area (Å²) in [5, 5.41) is 5.74. The Hall–Kier alpha value is -2.13. The summed E-state index contributed by atoms with van der Waals surface area (Å²) < 4.78 is 32.7. The molecule has 0 atom stereocenters. The van der Waals surface area contributed by atoms with Crippen LogP contribution in [0, 0.1) is 5.92 Å². The molecule has 1 aliphatic carbocycles. The van der Waals surface area contributed by atoms with E-state index in [1.165, 1.54) is 16.4 Å². The summed E-state index contributed by atoms with van der Waals surface area (Å²) in [6.45, 7) is 0.547. The Bertz CT molecular complexity index is 872. The molecule has 0 bridgehead atoms. The van der Waals surface area contributed by atoms with E-state index >= 15 is 0 Å². The highest BCUT2D eigenvalue weighted by Crippen LogP contribution is 2.32. The highest BCUT2D eigenvalue weighted by Gasteiger charge is 2.33. The van der Waals surface area contributed by atoms with Gasteiger partial charge in [0.05, 0.1) is 10.6 Å². The summed E-state index contributed by atoms with van der Waals surface area (Å²) >= 11 is 0. The summed E-state index contributed by atoms with van der Waals surface area (Å²) in [6, 6.07) is 4.76. The minimum Gasteiger partial charge on any atom is -0.482 e. The Morgan fingerprint density at radius 1 is 1.14 bits per heavy atom. The number of fused-ring (bicyclic) bond motifs is 1. The maximum Gasteiger partial charge on any atom is 0.262 e. The van der Waals surface area contributed by atoms with Crippen molar-refractivity contribution in [1.29, 1.82) is 0 Å². The van der Waals surface area contributed by atoms with Crippen LogP contribution in [0.5, 0.6) is 5.75 Å². The molecule has 1 aromatic rings. The lowest BCUT2D eigenvalue weighted by Crippen LogP contribution is -2.44. The number of nitrogens with zero attached hydrogens (tertiary/aromatic N) is 1. The predicted octanol–water partition coefficient (Wildman–Crippen LogP) is 1.48. The number of carbonyl (C=O) groups excluding carboxylic acids is 2. The molecule has 3 aliphatic rings. The fraction of sp³-hybridized carbons (Fsp3) is 0.579. The van der Waals surface area contributed by atoms with E-state index in [1.54, 1.807) is 6.07 Å². The Balaban J connectivity index is 1.40. The molecule has 4 rings (SSSR count). The van der Waals surface area contributed by atoms with Gasteiger partial charge in [0.1, 0.15) is 5.75 Å². The summed E-state index contributed by atoms with van der Waals surface area (Å²) in [5.41, 5.74) is 0.364. The molecule has 2 aliphatic heterocycles. The van der Waals surface area contributed by atoms with Crippen molar-refractivity contribution >= 4 is 27.5 Å². The van der Waals surface area contributed by atoms with E-state index in [-0.39, 0.29) is 35.3 Å². The highest BCUT2D eigenvalue weighted by atomic mass is 32.2. The number of ether oxygens (including phenoxy) is 1. The van der Waals surface area contributed by atoms with Crippen molar-refractivity contribution in [2.24, 2.45) is 5.92 Å². The molecule has 9 heteroatoms. The second-order valence-electron chi connectivity index (χ2n) is 7.66. The second-order valence-corrected chi connectivity index (χ2v) is 9.60. The highest BCUT2D eigenvalue weighted by molar-refractivity contribution is 7.89. The van der Waals surface area contributed by atoms with Crippen molar-refractivity contribution in [1.82, 2.24) is 9.62 Å². The van der Waals surface area contributed by atoms with Crippen LogP contribution in [0.2, 0.25) is 0 Å². The third kappa shape index (κ3) is 3.86. The molecule has 2 amide bonds. The van der Waals surface area contributed by atoms with Crippen molar-refractivity contribution in [2.45, 2.75) is 49.5 Å². The van der Waals surface area contributed by atoms with Crippen LogP contribution in [0.3, 0.4) is 0 Å². The lowest BCUT2D eigenvalue weighted by molar-refractivity contribution is -0.126. The van der Waals surface area contributed by atoms with Gasteiger partial charge in [-0.05, 0) is 43.9 Å². The molecule has 1 saturated carbocycles. The van der Waals surface area contributed by atoms with Crippen LogP contribution < -0.4 is 15.4 Å². The van der Waals surface area contributed by atoms with Gasteiger partial charge in [-0.2, -0.15) is 4.31 Å². The van der Waals surface area contributed by atoms with Gasteiger partial charge in [-0.1, -0.05) is 12.8 Å². The standard InChI is InChI=1S/C19H25N3O5S/c23-18-12-27-17-6-5-15(11-16(17)21-18)28(25,26)22-9-7-13(8-10-22)19(24)20-14-3-1-2-4-14/h5-6,11,13-14H,1-4,7-10,12H2,(H,20,24)(H,21,23). The molecular weight excluding hydrogens is 382 g/mol. The fourth-order valence-corrected chi connectivity index (χ4v) is 5.62. The lowest BCUT2D eigenvalue weighted by atomic mass is 9.97. The van der Waals surface area contributed by atoms with Crippen molar-refractivity contribution in [3.63, 3.8) is 0 Å². The van der Waals surface area contributed by atoms with Gasteiger partial charge in [0.15, 0.2) is 6.61 Å². The molecular formula is C19H25N3O5S. The summed E-state index contributed by atoms with van der Waals surface area (Å²) in [4.78, 5) is 24.0. The SMILES string of the molecule is O=C1COc2ccc(S(=O)(=O)N3CCC(C(=O)NC4CCCC4)CC3)cc2N1. The predicted molar refractivity (Wildman–Crippen MR) is 102 cm³/mol. The molecule has 2 N–H and O–H groups in total. The first-order chi connectivity index (χ1) is 13.4. The van der Waals surface area contributed by atoms with Crippen LogP contribution >= 0.6 is 0 Å². The van der Waals surface area contributed by atoms with E-state index in [4.69, 9.17) is 4.74 Å². The first-order valence-electron chi connectivity index (χ1n) is 9.81. The maximum absolute atomic E-state index is 13.0. The van der Waals surface area contributed by atoms with Crippen LogP contribution in [-0.2, 0) is 19.6 Å². The van der Waals surface area contributed by atoms with E-state index < -0.39 is 10.0 Å². The minimum absolute atomic E-state index is 0.0533. The third-order valence-electron chi connectivity index (χ3n) is 5.75. The van der Waals surface area contributed by atoms with Crippen molar-refractivity contribution in [2.75, 3.05) is 25.0 Å². The van der Waals surface area contributed by atoms with Crippen LogP contribution in [0.25, 0.3) is 0 Å². The van der Waals surface area contributed by atoms with Gasteiger partial charge in [-0.3, -0.25) is 9.59 Å². The van der Waals surface area contributed by atoms with Gasteiger partial charge in [0.2, 0.25) is 15.9 Å². The summed E-state index contributed by atoms with van der Waals surface area (Å²) in [6.07, 6.45) is 5.43. The third-order valence-corrected chi connectivity index (χ3v) is 7.64. The Morgan fingerprint density at radius 2 is 1.86 bits per heavy atom. The van der Waals surface area contributed by atoms with E-state index in [2.05, 4.69) is 10.6 Å². The molecule has 152 valence electrons. The molecule has 0 spiro atoms. The average Bonchev–Trinajstić information content (AvgIpc) is 3.20. The molecule has 28 heavy (non-hydrogen) atoms. The van der Waals surface area contributed by atoms with Gasteiger partial charge >= 0.3 is 0 Å². The Morgan fingerprint density at radius 3 is 2.57 bits per heavy atom. The molecule has 0 aromatic heterocycles. The average molecular weight is 407 g/mol. The smallest absolute Gasteiger partial charge is 0.262 e. The topological polar surface area (TPSA) is 105 Å². The van der Waals surface area contributed by atoms with Crippen molar-refractivity contribution in [3.05, 3.63) is 18.2 Å². The van der Waals surface area contributed by atoms with Crippen LogP contribution in [-0.4, -0.2) is 50.3 Å². The number of hydrogen-bond donors (Lipinski definition) is 2. The van der Waals surface area contributed by atoms with Crippen molar-refractivity contribution in [3.8, 4) is 5.75 Å². The Labute approximate surface area is 164 Å². The largest absolute Gasteiger partial charge is 0.482 e. The van der Waals surface area contributed by atoms with Gasteiger partial charge in [-0.15, -0.1) is 0 Å². The zero-order valence-corrected chi connectivity index (χ0v) is 16.5. The first kappa shape index (κ1) is 19.2. The lowest BCUT2D eigenvalue weighted by Gasteiger charge is -2.31. The fourth-order valence-electron chi connectivity index (χ4n) is 4.12. The van der Waals surface area contributed by atoms with Crippen LogP contribution in [0.4, 0.5) is 5.69 Å². The molecule has 1 aromatic carbocycles. The molecule has 2 heterocycles. The molecule has 0 radical (unpaired) electrons. The number of carbonyl (C=O) groups is 2. The van der Waals surface area contributed by atoms with E-state index in [9.17, 15) is 18.0 Å². The van der Waals surface area contributed by atoms with E-state index in [0.717, 1.165) is 25.7 Å². The number of sulfonamides is 1. The van der Waals surface area contributed by atoms with E-state index in [1.807, 2.05) is 0 Å². The zero-order valence-electron chi connectivity index (χ0n) is 15.6. The van der Waals surface area contributed by atoms with E-state index in [0.29, 0.717) is 37.4 Å². The number of nitrogens with one attached hydrogen (secondary N) is 2. The Kier molecular flexibility index (Phi) is 5.29. The molecule has 2 fully saturated rings. The van der Waals surface area contributed by atoms with Gasteiger partial charge in [0.25, 0.3) is 5.91 Å². The van der Waals surface area contributed by atoms with Crippen molar-refractivity contribution < 1.29 is 22.7 Å².